The summed E-state index contributed by atoms with van der Waals surface area (Å²) < 4.78 is 14.5. The first-order valence-corrected chi connectivity index (χ1v) is 7.46. The van der Waals surface area contributed by atoms with Gasteiger partial charge in [0.2, 0.25) is 0 Å². The molecule has 0 radical (unpaired) electrons. The molecule has 106 valence electrons. The molecular formula is C17H14BrFN2. The van der Waals surface area contributed by atoms with Crippen molar-refractivity contribution >= 4 is 26.8 Å². The Hall–Kier alpha value is -1.78. The lowest BCUT2D eigenvalue weighted by Gasteiger charge is -2.20. The number of nitrogens with one attached hydrogen (secondary N) is 1. The molecule has 1 N–H and O–H groups in total. The molecule has 1 unspecified atom stereocenters. The fraction of sp³-hybridized carbons (Fsp3) is 0.118. The monoisotopic (exact) mass is 344 g/mol. The van der Waals surface area contributed by atoms with E-state index in [1.807, 2.05) is 37.4 Å². The summed E-state index contributed by atoms with van der Waals surface area (Å²) in [7, 11) is 1.87. The average Bonchev–Trinajstić information content (AvgIpc) is 2.51. The zero-order valence-electron chi connectivity index (χ0n) is 11.5. The number of fused-ring (bicyclic) bond motifs is 1. The molecule has 3 aromatic rings. The van der Waals surface area contributed by atoms with Crippen LogP contribution < -0.4 is 5.32 Å². The molecular weight excluding hydrogens is 331 g/mol. The molecule has 21 heavy (non-hydrogen) atoms. The molecule has 0 aliphatic carbocycles. The van der Waals surface area contributed by atoms with Gasteiger partial charge in [-0.05, 0) is 48.5 Å². The van der Waals surface area contributed by atoms with E-state index in [1.54, 1.807) is 18.3 Å². The van der Waals surface area contributed by atoms with Crippen LogP contribution in [-0.2, 0) is 0 Å². The van der Waals surface area contributed by atoms with Gasteiger partial charge in [-0.25, -0.2) is 4.39 Å². The summed E-state index contributed by atoms with van der Waals surface area (Å²) >= 11 is 3.51. The van der Waals surface area contributed by atoms with E-state index in [0.717, 1.165) is 26.5 Å². The number of halogens is 2. The molecule has 0 aliphatic heterocycles. The third-order valence-corrected chi connectivity index (χ3v) is 4.27. The van der Waals surface area contributed by atoms with Crippen molar-refractivity contribution in [3.05, 3.63) is 76.1 Å². The van der Waals surface area contributed by atoms with Crippen LogP contribution in [0.5, 0.6) is 0 Å². The molecule has 1 heterocycles. The summed E-state index contributed by atoms with van der Waals surface area (Å²) in [5.41, 5.74) is 2.88. The molecule has 0 amide bonds. The van der Waals surface area contributed by atoms with E-state index in [-0.39, 0.29) is 11.9 Å². The fourth-order valence-corrected chi connectivity index (χ4v) is 3.07. The van der Waals surface area contributed by atoms with E-state index in [9.17, 15) is 4.39 Å². The van der Waals surface area contributed by atoms with E-state index >= 15 is 0 Å². The van der Waals surface area contributed by atoms with Gasteiger partial charge in [-0.2, -0.15) is 0 Å². The van der Waals surface area contributed by atoms with Crippen molar-refractivity contribution in [2.75, 3.05) is 7.05 Å². The Morgan fingerprint density at radius 2 is 1.95 bits per heavy atom. The topological polar surface area (TPSA) is 24.9 Å². The van der Waals surface area contributed by atoms with E-state index in [0.29, 0.717) is 0 Å². The van der Waals surface area contributed by atoms with Crippen LogP contribution in [0.4, 0.5) is 4.39 Å². The second-order valence-corrected chi connectivity index (χ2v) is 5.66. The van der Waals surface area contributed by atoms with E-state index in [1.165, 1.54) is 6.07 Å². The van der Waals surface area contributed by atoms with Crippen LogP contribution in [0.2, 0.25) is 0 Å². The van der Waals surface area contributed by atoms with Crippen molar-refractivity contribution in [2.45, 2.75) is 6.04 Å². The summed E-state index contributed by atoms with van der Waals surface area (Å²) in [6, 6.07) is 14.6. The Morgan fingerprint density at radius 1 is 1.10 bits per heavy atom. The molecule has 1 aromatic heterocycles. The van der Waals surface area contributed by atoms with E-state index in [2.05, 4.69) is 26.2 Å². The summed E-state index contributed by atoms with van der Waals surface area (Å²) in [6.07, 6.45) is 1.78. The lowest BCUT2D eigenvalue weighted by molar-refractivity contribution is 0.616. The van der Waals surface area contributed by atoms with Crippen LogP contribution in [0.25, 0.3) is 10.9 Å². The summed E-state index contributed by atoms with van der Waals surface area (Å²) in [4.78, 5) is 4.38. The molecule has 1 atom stereocenters. The number of aromatic nitrogens is 1. The maximum atomic E-state index is 13.6. The minimum atomic E-state index is -0.244. The second kappa shape index (κ2) is 5.92. The molecule has 2 aromatic carbocycles. The summed E-state index contributed by atoms with van der Waals surface area (Å²) in [5, 5.41) is 4.34. The van der Waals surface area contributed by atoms with Crippen LogP contribution in [-0.4, -0.2) is 12.0 Å². The minimum Gasteiger partial charge on any atom is -0.309 e. The first-order valence-electron chi connectivity index (χ1n) is 6.66. The van der Waals surface area contributed by atoms with Crippen LogP contribution >= 0.6 is 15.9 Å². The number of hydrogen-bond acceptors (Lipinski definition) is 2. The van der Waals surface area contributed by atoms with Crippen molar-refractivity contribution < 1.29 is 4.39 Å². The normalized spacial score (nSPS) is 12.5. The van der Waals surface area contributed by atoms with Gasteiger partial charge in [0.1, 0.15) is 5.82 Å². The fourth-order valence-electron chi connectivity index (χ4n) is 2.59. The number of benzene rings is 2. The van der Waals surface area contributed by atoms with Crippen molar-refractivity contribution in [2.24, 2.45) is 0 Å². The maximum Gasteiger partial charge on any atom is 0.123 e. The van der Waals surface area contributed by atoms with Gasteiger partial charge in [-0.1, -0.05) is 34.1 Å². The minimum absolute atomic E-state index is 0.108. The largest absolute Gasteiger partial charge is 0.309 e. The molecule has 0 fully saturated rings. The molecule has 0 bridgehead atoms. The molecule has 0 saturated heterocycles. The Kier molecular flexibility index (Phi) is 3.99. The number of nitrogens with zero attached hydrogens (tertiary/aromatic N) is 1. The van der Waals surface area contributed by atoms with Crippen molar-refractivity contribution in [1.82, 2.24) is 10.3 Å². The third-order valence-electron chi connectivity index (χ3n) is 3.55. The first-order chi connectivity index (χ1) is 10.2. The Morgan fingerprint density at radius 3 is 2.76 bits per heavy atom. The standard InChI is InChI=1S/C17H14BrFN2/c1-20-17(14-10-11(19)7-8-15(14)18)13-4-2-6-16-12(13)5-3-9-21-16/h2-10,17,20H,1H3. The molecule has 0 spiro atoms. The van der Waals surface area contributed by atoms with Crippen LogP contribution in [0.15, 0.2) is 59.2 Å². The SMILES string of the molecule is CNC(c1cc(F)ccc1Br)c1cccc2ncccc12. The Labute approximate surface area is 131 Å². The number of hydrogen-bond donors (Lipinski definition) is 1. The highest BCUT2D eigenvalue weighted by atomic mass is 79.9. The number of rotatable bonds is 3. The van der Waals surface area contributed by atoms with Gasteiger partial charge in [0.15, 0.2) is 0 Å². The van der Waals surface area contributed by atoms with Gasteiger partial charge in [0.25, 0.3) is 0 Å². The lowest BCUT2D eigenvalue weighted by Crippen LogP contribution is -2.18. The first kappa shape index (κ1) is 14.2. The molecule has 2 nitrogen and oxygen atoms in total. The summed E-state index contributed by atoms with van der Waals surface area (Å²) in [5.74, 6) is -0.244. The highest BCUT2D eigenvalue weighted by Gasteiger charge is 2.18. The summed E-state index contributed by atoms with van der Waals surface area (Å²) in [6.45, 7) is 0. The van der Waals surface area contributed by atoms with E-state index < -0.39 is 0 Å². The molecule has 3 rings (SSSR count). The Balaban J connectivity index is 2.21. The van der Waals surface area contributed by atoms with Gasteiger partial charge in [-0.3, -0.25) is 4.98 Å². The van der Waals surface area contributed by atoms with Gasteiger partial charge in [-0.15, -0.1) is 0 Å². The van der Waals surface area contributed by atoms with E-state index in [4.69, 9.17) is 0 Å². The maximum absolute atomic E-state index is 13.6. The Bertz CT molecular complexity index is 783. The molecule has 0 aliphatic rings. The second-order valence-electron chi connectivity index (χ2n) is 4.80. The number of pyridine rings is 1. The van der Waals surface area contributed by atoms with Crippen molar-refractivity contribution in [3.63, 3.8) is 0 Å². The predicted octanol–water partition coefficient (Wildman–Crippen LogP) is 4.45. The van der Waals surface area contributed by atoms with Gasteiger partial charge in [0, 0.05) is 16.1 Å². The zero-order valence-corrected chi connectivity index (χ0v) is 13.1. The van der Waals surface area contributed by atoms with Crippen LogP contribution in [0, 0.1) is 5.82 Å². The van der Waals surface area contributed by atoms with Gasteiger partial charge < -0.3 is 5.32 Å². The zero-order chi connectivity index (χ0) is 14.8. The quantitative estimate of drug-likeness (QED) is 0.759. The van der Waals surface area contributed by atoms with Gasteiger partial charge in [0.05, 0.1) is 11.6 Å². The third kappa shape index (κ3) is 2.69. The van der Waals surface area contributed by atoms with Crippen LogP contribution in [0.3, 0.4) is 0 Å². The molecule has 4 heteroatoms. The molecule has 0 saturated carbocycles. The van der Waals surface area contributed by atoms with Crippen molar-refractivity contribution in [1.29, 1.82) is 0 Å². The van der Waals surface area contributed by atoms with Crippen LogP contribution in [0.1, 0.15) is 17.2 Å². The smallest absolute Gasteiger partial charge is 0.123 e. The highest BCUT2D eigenvalue weighted by Crippen LogP contribution is 2.32. The average molecular weight is 345 g/mol. The highest BCUT2D eigenvalue weighted by molar-refractivity contribution is 9.10. The van der Waals surface area contributed by atoms with Crippen molar-refractivity contribution in [3.8, 4) is 0 Å². The predicted molar refractivity (Wildman–Crippen MR) is 86.7 cm³/mol. The lowest BCUT2D eigenvalue weighted by atomic mass is 9.95. The van der Waals surface area contributed by atoms with Gasteiger partial charge >= 0.3 is 0 Å².